The number of carbonyl (C=O) groups excluding carboxylic acids is 3. The van der Waals surface area contributed by atoms with E-state index in [4.69, 9.17) is 0 Å². The molecule has 0 saturated carbocycles. The first-order valence-corrected chi connectivity index (χ1v) is 5.90. The van der Waals surface area contributed by atoms with E-state index >= 15 is 0 Å². The molecule has 2 rings (SSSR count). The van der Waals surface area contributed by atoms with Crippen molar-refractivity contribution in [3.63, 3.8) is 0 Å². The summed E-state index contributed by atoms with van der Waals surface area (Å²) in [4.78, 5) is 37.1. The molecule has 2 aliphatic rings. The van der Waals surface area contributed by atoms with Crippen LogP contribution in [0.2, 0.25) is 0 Å². The highest BCUT2D eigenvalue weighted by atomic mass is 16.2. The van der Waals surface area contributed by atoms with Crippen molar-refractivity contribution in [3.8, 4) is 0 Å². The van der Waals surface area contributed by atoms with E-state index in [1.807, 2.05) is 5.32 Å². The van der Waals surface area contributed by atoms with Crippen LogP contribution in [-0.2, 0) is 9.59 Å². The maximum Gasteiger partial charge on any atom is 0.331 e. The molecule has 0 aromatic heterocycles. The van der Waals surface area contributed by atoms with Gasteiger partial charge in [0, 0.05) is 19.1 Å². The van der Waals surface area contributed by atoms with Gasteiger partial charge in [-0.05, 0) is 32.7 Å². The summed E-state index contributed by atoms with van der Waals surface area (Å²) in [6.45, 7) is 6.46. The van der Waals surface area contributed by atoms with Gasteiger partial charge in [-0.2, -0.15) is 0 Å². The first-order valence-electron chi connectivity index (χ1n) is 5.90. The molecule has 17 heavy (non-hydrogen) atoms. The van der Waals surface area contributed by atoms with Crippen LogP contribution < -0.4 is 5.32 Å². The number of hydrogen-bond acceptors (Lipinski definition) is 4. The van der Waals surface area contributed by atoms with E-state index in [1.165, 1.54) is 0 Å². The van der Waals surface area contributed by atoms with Crippen LogP contribution in [0.4, 0.5) is 4.79 Å². The van der Waals surface area contributed by atoms with Crippen molar-refractivity contribution < 1.29 is 14.4 Å². The summed E-state index contributed by atoms with van der Waals surface area (Å²) in [6, 6.07) is -0.104. The van der Waals surface area contributed by atoms with Crippen LogP contribution in [0.25, 0.3) is 0 Å². The fraction of sp³-hybridized carbons (Fsp3) is 0.727. The number of hydrogen-bond donors (Lipinski definition) is 1. The number of amides is 4. The van der Waals surface area contributed by atoms with E-state index in [0.29, 0.717) is 12.6 Å². The number of nitrogens with one attached hydrogen (secondary N) is 1. The quantitative estimate of drug-likeness (QED) is 0.547. The zero-order valence-electron chi connectivity index (χ0n) is 10.1. The fourth-order valence-corrected chi connectivity index (χ4v) is 2.34. The fourth-order valence-electron chi connectivity index (χ4n) is 2.34. The molecule has 0 aromatic rings. The Bertz CT molecular complexity index is 367. The molecule has 2 aliphatic heterocycles. The summed E-state index contributed by atoms with van der Waals surface area (Å²) in [5, 5.41) is 2.01. The molecule has 4 amide bonds. The monoisotopic (exact) mass is 239 g/mol. The van der Waals surface area contributed by atoms with E-state index < -0.39 is 17.8 Å². The molecule has 6 nitrogen and oxygen atoms in total. The molecule has 0 bridgehead atoms. The Morgan fingerprint density at radius 2 is 2.06 bits per heavy atom. The van der Waals surface area contributed by atoms with Gasteiger partial charge in [0.15, 0.2) is 0 Å². The van der Waals surface area contributed by atoms with Crippen LogP contribution in [-0.4, -0.2) is 53.3 Å². The second kappa shape index (κ2) is 4.44. The van der Waals surface area contributed by atoms with Crippen molar-refractivity contribution >= 4 is 17.8 Å². The largest absolute Gasteiger partial charge is 0.331 e. The maximum atomic E-state index is 11.4. The van der Waals surface area contributed by atoms with Crippen molar-refractivity contribution in [1.29, 1.82) is 0 Å². The van der Waals surface area contributed by atoms with E-state index in [1.54, 1.807) is 0 Å². The summed E-state index contributed by atoms with van der Waals surface area (Å²) in [7, 11) is 0. The van der Waals surface area contributed by atoms with Gasteiger partial charge in [0.25, 0.3) is 0 Å². The van der Waals surface area contributed by atoms with Crippen molar-refractivity contribution in [2.45, 2.75) is 26.3 Å². The lowest BCUT2D eigenvalue weighted by molar-refractivity contribution is -0.140. The van der Waals surface area contributed by atoms with Crippen LogP contribution in [0, 0.1) is 5.92 Å². The van der Waals surface area contributed by atoms with Gasteiger partial charge in [0.2, 0.25) is 0 Å². The van der Waals surface area contributed by atoms with Crippen LogP contribution in [0.5, 0.6) is 0 Å². The molecule has 1 atom stereocenters. The van der Waals surface area contributed by atoms with Gasteiger partial charge in [-0.1, -0.05) is 0 Å². The number of nitrogens with zero attached hydrogens (tertiary/aromatic N) is 2. The number of rotatable bonds is 3. The normalized spacial score (nSPS) is 26.2. The summed E-state index contributed by atoms with van der Waals surface area (Å²) in [6.07, 6.45) is 0.962. The van der Waals surface area contributed by atoms with Crippen LogP contribution in [0.15, 0.2) is 0 Å². The van der Waals surface area contributed by atoms with E-state index in [2.05, 4.69) is 18.7 Å². The van der Waals surface area contributed by atoms with Gasteiger partial charge in [-0.15, -0.1) is 0 Å². The lowest BCUT2D eigenvalue weighted by Crippen LogP contribution is -2.37. The average Bonchev–Trinajstić information content (AvgIpc) is 2.80. The smallest absolute Gasteiger partial charge is 0.301 e. The lowest BCUT2D eigenvalue weighted by atomic mass is 10.1. The average molecular weight is 239 g/mol. The van der Waals surface area contributed by atoms with Crippen LogP contribution in [0.1, 0.15) is 20.3 Å². The molecule has 2 saturated heterocycles. The molecule has 0 spiro atoms. The first-order chi connectivity index (χ1) is 7.99. The predicted molar refractivity (Wildman–Crippen MR) is 60.1 cm³/mol. The Hall–Kier alpha value is -1.43. The Labute approximate surface area is 99.9 Å². The Kier molecular flexibility index (Phi) is 3.15. The van der Waals surface area contributed by atoms with Crippen molar-refractivity contribution in [2.24, 2.45) is 5.92 Å². The Balaban J connectivity index is 1.92. The minimum atomic E-state index is -0.811. The number of likely N-dealkylation sites (tertiary alicyclic amines) is 1. The minimum absolute atomic E-state index is 0.276. The highest BCUT2D eigenvalue weighted by Gasteiger charge is 2.39. The molecular formula is C11H17N3O3. The van der Waals surface area contributed by atoms with Gasteiger partial charge < -0.3 is 4.90 Å². The SMILES string of the molecule is CC(C)N1CCC(CN2C(=O)NC(=O)C2=O)C1. The predicted octanol–water partition coefficient (Wildman–Crippen LogP) is -0.205. The highest BCUT2D eigenvalue weighted by molar-refractivity contribution is 6.44. The third-order valence-corrected chi connectivity index (χ3v) is 3.39. The zero-order chi connectivity index (χ0) is 12.6. The van der Waals surface area contributed by atoms with Gasteiger partial charge >= 0.3 is 17.8 Å². The molecule has 94 valence electrons. The van der Waals surface area contributed by atoms with Crippen LogP contribution in [0.3, 0.4) is 0 Å². The van der Waals surface area contributed by atoms with Gasteiger partial charge in [0.05, 0.1) is 0 Å². The van der Waals surface area contributed by atoms with Crippen molar-refractivity contribution in [1.82, 2.24) is 15.1 Å². The van der Waals surface area contributed by atoms with Crippen molar-refractivity contribution in [2.75, 3.05) is 19.6 Å². The summed E-state index contributed by atoms with van der Waals surface area (Å²) < 4.78 is 0. The topological polar surface area (TPSA) is 69.7 Å². The Morgan fingerprint density at radius 1 is 1.35 bits per heavy atom. The molecular weight excluding hydrogens is 222 g/mol. The van der Waals surface area contributed by atoms with Crippen molar-refractivity contribution in [3.05, 3.63) is 0 Å². The molecule has 2 heterocycles. The van der Waals surface area contributed by atoms with E-state index in [0.717, 1.165) is 24.4 Å². The Morgan fingerprint density at radius 3 is 2.53 bits per heavy atom. The van der Waals surface area contributed by atoms with Gasteiger partial charge in [-0.25, -0.2) is 4.79 Å². The van der Waals surface area contributed by atoms with Gasteiger partial charge in [-0.3, -0.25) is 19.8 Å². The minimum Gasteiger partial charge on any atom is -0.301 e. The highest BCUT2D eigenvalue weighted by Crippen LogP contribution is 2.20. The molecule has 2 fully saturated rings. The van der Waals surface area contributed by atoms with Crippen LogP contribution >= 0.6 is 0 Å². The molecule has 0 radical (unpaired) electrons. The number of carbonyl (C=O) groups is 3. The summed E-state index contributed by atoms with van der Waals surface area (Å²) in [5.74, 6) is -1.26. The standard InChI is InChI=1S/C11H17N3O3/c1-7(2)13-4-3-8(5-13)6-14-10(16)9(15)12-11(14)17/h7-8H,3-6H2,1-2H3,(H,12,15,17). The first kappa shape index (κ1) is 12.0. The van der Waals surface area contributed by atoms with E-state index in [-0.39, 0.29) is 5.92 Å². The molecule has 0 aromatic carbocycles. The summed E-state index contributed by atoms with van der Waals surface area (Å²) in [5.41, 5.74) is 0. The molecule has 1 unspecified atom stereocenters. The lowest BCUT2D eigenvalue weighted by Gasteiger charge is -2.21. The second-order valence-electron chi connectivity index (χ2n) is 4.92. The number of imide groups is 2. The summed E-state index contributed by atoms with van der Waals surface area (Å²) >= 11 is 0. The number of urea groups is 1. The molecule has 6 heteroatoms. The second-order valence-corrected chi connectivity index (χ2v) is 4.92. The maximum absolute atomic E-state index is 11.4. The molecule has 1 N–H and O–H groups in total. The zero-order valence-corrected chi connectivity index (χ0v) is 10.1. The third kappa shape index (κ3) is 2.31. The van der Waals surface area contributed by atoms with E-state index in [9.17, 15) is 14.4 Å². The van der Waals surface area contributed by atoms with Gasteiger partial charge in [0.1, 0.15) is 0 Å². The molecule has 0 aliphatic carbocycles. The third-order valence-electron chi connectivity index (χ3n) is 3.39.